The number of rotatable bonds is 24. The summed E-state index contributed by atoms with van der Waals surface area (Å²) in [5.74, 6) is 1.59. The number of hydrogen-bond donors (Lipinski definition) is 2. The van der Waals surface area contributed by atoms with Gasteiger partial charge in [0.25, 0.3) is 0 Å². The van der Waals surface area contributed by atoms with E-state index in [4.69, 9.17) is 14.2 Å². The number of carbonyl (C=O) groups excluding carboxylic acids is 7. The smallest absolute Gasteiger partial charge is 0.229 e. The quantitative estimate of drug-likeness (QED) is 0.0547. The van der Waals surface area contributed by atoms with Crippen LogP contribution in [-0.4, -0.2) is 118 Å². The second-order valence-electron chi connectivity index (χ2n) is 14.5. The average Bonchev–Trinajstić information content (AvgIpc) is 3.52. The van der Waals surface area contributed by atoms with Gasteiger partial charge < -0.3 is 24.8 Å². The zero-order valence-electron chi connectivity index (χ0n) is 40.4. The van der Waals surface area contributed by atoms with Gasteiger partial charge in [-0.2, -0.15) is 11.8 Å². The van der Waals surface area contributed by atoms with Crippen LogP contribution in [-0.2, 0) is 47.8 Å². The molecule has 0 aromatic carbocycles. The van der Waals surface area contributed by atoms with Gasteiger partial charge in [0.15, 0.2) is 0 Å². The van der Waals surface area contributed by atoms with Crippen molar-refractivity contribution in [3.63, 3.8) is 0 Å². The van der Waals surface area contributed by atoms with Crippen LogP contribution >= 0.6 is 11.8 Å². The van der Waals surface area contributed by atoms with Gasteiger partial charge in [0, 0.05) is 104 Å². The van der Waals surface area contributed by atoms with Crippen molar-refractivity contribution in [3.8, 4) is 0 Å². The molecule has 2 aliphatic rings. The number of likely N-dealkylation sites (tertiary alicyclic amines) is 1. The molecule has 0 aromatic heterocycles. The molecule has 0 aromatic rings. The van der Waals surface area contributed by atoms with Gasteiger partial charge in [-0.25, -0.2) is 0 Å². The van der Waals surface area contributed by atoms with Gasteiger partial charge in [-0.05, 0) is 43.3 Å². The zero-order valence-corrected chi connectivity index (χ0v) is 41.2. The number of ether oxygens (including phenoxy) is 3. The number of Topliss-reactive ketones (excluding diaryl/α,β-unsaturated/α-hetero) is 3. The van der Waals surface area contributed by atoms with Gasteiger partial charge in [0.05, 0.1) is 25.9 Å². The molecule has 4 amide bonds. The maximum atomic E-state index is 12.8. The Morgan fingerprint density at radius 3 is 1.73 bits per heavy atom. The maximum Gasteiger partial charge on any atom is 0.229 e. The molecule has 0 radical (unpaired) electrons. The van der Waals surface area contributed by atoms with Crippen LogP contribution in [0.3, 0.4) is 0 Å². The number of methoxy groups -OCH3 is 1. The molecule has 0 spiro atoms. The Balaban J connectivity index is -0.000000405. The molecule has 14 heteroatoms. The molecule has 1 fully saturated rings. The van der Waals surface area contributed by atoms with Gasteiger partial charge in [-0.15, -0.1) is 0 Å². The first-order chi connectivity index (χ1) is 28.5. The van der Waals surface area contributed by atoms with E-state index in [1.165, 1.54) is 11.9 Å². The Bertz CT molecular complexity index is 1190. The lowest BCUT2D eigenvalue weighted by atomic mass is 9.65. The first-order valence-electron chi connectivity index (χ1n) is 22.2. The molecule has 1 heterocycles. The summed E-state index contributed by atoms with van der Waals surface area (Å²) in [6.45, 7) is 24.7. The van der Waals surface area contributed by atoms with E-state index in [9.17, 15) is 33.6 Å². The molecule has 1 saturated heterocycles. The lowest BCUT2D eigenvalue weighted by Crippen LogP contribution is -2.38. The zero-order chi connectivity index (χ0) is 47.1. The number of nitrogens with zero attached hydrogens (tertiary/aromatic N) is 1. The number of hydrogen-bond acceptors (Lipinski definition) is 11. The minimum Gasteiger partial charge on any atom is -0.382 e. The van der Waals surface area contributed by atoms with Gasteiger partial charge in [0.1, 0.15) is 17.3 Å². The van der Waals surface area contributed by atoms with Gasteiger partial charge >= 0.3 is 0 Å². The van der Waals surface area contributed by atoms with Crippen molar-refractivity contribution in [2.24, 2.45) is 17.3 Å². The lowest BCUT2D eigenvalue weighted by molar-refractivity contribution is -0.137. The fourth-order valence-electron chi connectivity index (χ4n) is 6.05. The van der Waals surface area contributed by atoms with E-state index in [-0.39, 0.29) is 70.7 Å². The van der Waals surface area contributed by atoms with Crippen molar-refractivity contribution in [2.45, 2.75) is 165 Å². The van der Waals surface area contributed by atoms with E-state index in [0.717, 1.165) is 18.6 Å². The van der Waals surface area contributed by atoms with E-state index in [1.54, 1.807) is 33.0 Å². The van der Waals surface area contributed by atoms with Crippen molar-refractivity contribution >= 4 is 52.7 Å². The third-order valence-corrected chi connectivity index (χ3v) is 10.4. The Labute approximate surface area is 369 Å². The normalized spacial score (nSPS) is 16.9. The number of amides is 4. The Kier molecular flexibility index (Phi) is 44.0. The average molecular weight is 874 g/mol. The predicted molar refractivity (Wildman–Crippen MR) is 246 cm³/mol. The largest absolute Gasteiger partial charge is 0.382 e. The van der Waals surface area contributed by atoms with Gasteiger partial charge in [-0.3, -0.25) is 38.5 Å². The fourth-order valence-corrected chi connectivity index (χ4v) is 7.04. The van der Waals surface area contributed by atoms with Crippen LogP contribution in [0.25, 0.3) is 0 Å². The molecule has 2 rings (SSSR count). The van der Waals surface area contributed by atoms with Gasteiger partial charge in [-0.1, -0.05) is 81.4 Å². The molecular formula is C46H87N3O10S. The van der Waals surface area contributed by atoms with Crippen molar-refractivity contribution in [1.82, 2.24) is 15.5 Å². The summed E-state index contributed by atoms with van der Waals surface area (Å²) in [5.41, 5.74) is 0.0346. The number of ketones is 3. The molecule has 13 nitrogen and oxygen atoms in total. The number of nitrogens with one attached hydrogen (secondary N) is 2. The van der Waals surface area contributed by atoms with Crippen molar-refractivity contribution in [2.75, 3.05) is 60.4 Å². The topological polar surface area (TPSA) is 174 Å². The summed E-state index contributed by atoms with van der Waals surface area (Å²) >= 11 is 1.77. The molecule has 4 atom stereocenters. The molecular weight excluding hydrogens is 787 g/mol. The molecule has 1 aliphatic heterocycles. The summed E-state index contributed by atoms with van der Waals surface area (Å²) in [6, 6.07) is 0. The maximum absolute atomic E-state index is 12.8. The highest BCUT2D eigenvalue weighted by atomic mass is 32.2. The third kappa shape index (κ3) is 33.7. The Morgan fingerprint density at radius 2 is 1.30 bits per heavy atom. The highest BCUT2D eigenvalue weighted by Crippen LogP contribution is 2.42. The minimum absolute atomic E-state index is 0.0346. The summed E-state index contributed by atoms with van der Waals surface area (Å²) in [5, 5.41) is 5.29. The molecule has 1 aliphatic carbocycles. The number of allylic oxidation sites excluding steroid dienone is 2. The SMILES string of the molecule is CC.CC.CC.CN1C(=O)CCC1=O.CNC(=O)CCC(=O)CCCOCCOC(C)COC.CNC(=O)CCC(=O)CCCSC(C)CC(=O)C1C(C)C=CCC1(C)C. The van der Waals surface area contributed by atoms with Crippen LogP contribution in [0, 0.1) is 17.3 Å². The third-order valence-electron chi connectivity index (χ3n) is 9.19. The second kappa shape index (κ2) is 41.4. The molecule has 0 saturated carbocycles. The van der Waals surface area contributed by atoms with Crippen LogP contribution in [0.15, 0.2) is 12.2 Å². The summed E-state index contributed by atoms with van der Waals surface area (Å²) < 4.78 is 15.7. The van der Waals surface area contributed by atoms with E-state index < -0.39 is 0 Å². The lowest BCUT2D eigenvalue weighted by Gasteiger charge is -2.39. The van der Waals surface area contributed by atoms with E-state index >= 15 is 0 Å². The Hall–Kier alpha value is -2.94. The number of imide groups is 1. The van der Waals surface area contributed by atoms with Crippen LogP contribution in [0.1, 0.15) is 153 Å². The monoisotopic (exact) mass is 874 g/mol. The highest BCUT2D eigenvalue weighted by molar-refractivity contribution is 7.99. The first kappa shape index (κ1) is 63.7. The Morgan fingerprint density at radius 1 is 0.800 bits per heavy atom. The second-order valence-corrected chi connectivity index (χ2v) is 16.1. The van der Waals surface area contributed by atoms with Crippen LogP contribution < -0.4 is 10.6 Å². The molecule has 4 unspecified atom stereocenters. The summed E-state index contributed by atoms with van der Waals surface area (Å²) in [7, 11) is 6.29. The van der Waals surface area contributed by atoms with Crippen molar-refractivity contribution < 1.29 is 47.8 Å². The van der Waals surface area contributed by atoms with Crippen LogP contribution in [0.4, 0.5) is 0 Å². The first-order valence-corrected chi connectivity index (χ1v) is 23.3. The van der Waals surface area contributed by atoms with Gasteiger partial charge in [0.2, 0.25) is 23.6 Å². The van der Waals surface area contributed by atoms with E-state index in [1.807, 2.05) is 48.5 Å². The van der Waals surface area contributed by atoms with Crippen molar-refractivity contribution in [3.05, 3.63) is 12.2 Å². The molecule has 60 heavy (non-hydrogen) atoms. The molecule has 352 valence electrons. The van der Waals surface area contributed by atoms with E-state index in [2.05, 4.69) is 50.5 Å². The minimum atomic E-state index is -0.100. The van der Waals surface area contributed by atoms with E-state index in [0.29, 0.717) is 89.5 Å². The fraction of sp³-hybridized carbons (Fsp3) is 0.804. The number of carbonyl (C=O) groups is 7. The predicted octanol–water partition coefficient (Wildman–Crippen LogP) is 7.96. The summed E-state index contributed by atoms with van der Waals surface area (Å²) in [4.78, 5) is 80.2. The van der Waals surface area contributed by atoms with Crippen LogP contribution in [0.2, 0.25) is 0 Å². The van der Waals surface area contributed by atoms with Crippen molar-refractivity contribution in [1.29, 1.82) is 0 Å². The molecule has 0 bridgehead atoms. The number of thioether (sulfide) groups is 1. The van der Waals surface area contributed by atoms with Crippen LogP contribution in [0.5, 0.6) is 0 Å². The molecule has 2 N–H and O–H groups in total. The summed E-state index contributed by atoms with van der Waals surface area (Å²) in [6.07, 6.45) is 10.4. The highest BCUT2D eigenvalue weighted by Gasteiger charge is 2.39. The standard InChI is InChI=1S/C21H35NO3S.C14H27NO5.C5H7NO2.3C2H6/c1-15-8-6-12-21(3,4)20(15)18(24)14-16(2)26-13-7-9-17(23)10-11-19(25)22-5;1-12(11-18-3)20-10-9-19-8-4-5-13(16)6-7-14(17)15-2;1-6-4(7)2-3-5(6)8;3*1-2/h6,8,15-16,20H,7,9-14H2,1-5H3,(H,22,25);12H,4-11H2,1-3H3,(H,15,17);2-3H2,1H3;3*1-2H3.